The molecule has 0 radical (unpaired) electrons. The van der Waals surface area contributed by atoms with Crippen molar-refractivity contribution in [3.8, 4) is 11.3 Å². The summed E-state index contributed by atoms with van der Waals surface area (Å²) in [5, 5.41) is 8.44. The zero-order valence-electron chi connectivity index (χ0n) is 18.6. The maximum atomic E-state index is 2.69. The molecular formula is C32H22NP+2. The largest absolute Gasteiger partial charge is 0.298 e. The van der Waals surface area contributed by atoms with Crippen molar-refractivity contribution < 1.29 is 4.57 Å². The fourth-order valence-electron chi connectivity index (χ4n) is 6.53. The quantitative estimate of drug-likeness (QED) is 0.221. The molecule has 2 aliphatic heterocycles. The summed E-state index contributed by atoms with van der Waals surface area (Å²) in [7, 11) is -2.04. The lowest BCUT2D eigenvalue weighted by Crippen LogP contribution is -2.40. The van der Waals surface area contributed by atoms with E-state index >= 15 is 0 Å². The van der Waals surface area contributed by atoms with Crippen LogP contribution in [-0.4, -0.2) is 0 Å². The lowest BCUT2D eigenvalue weighted by atomic mass is 9.99. The van der Waals surface area contributed by atoms with Crippen LogP contribution >= 0.6 is 7.26 Å². The molecule has 1 atom stereocenters. The van der Waals surface area contributed by atoms with Crippen molar-refractivity contribution in [2.24, 2.45) is 0 Å². The lowest BCUT2D eigenvalue weighted by molar-refractivity contribution is -0.647. The minimum atomic E-state index is -2.04. The standard InChI is InChI=1S/C32H22NP/c1-3-12-24(13-4-1)34(25-14-5-2-6-15-25)29-17-9-11-23-19-21-28-27-20-18-22-10-7-8-16-26(22)30(27)32(34)33(28)31(23)29/h1-21,32H/q+2. The fourth-order valence-corrected chi connectivity index (χ4v) is 11.6. The van der Waals surface area contributed by atoms with Gasteiger partial charge in [-0.25, -0.2) is 0 Å². The molecular weight excluding hydrogens is 429 g/mol. The van der Waals surface area contributed by atoms with Crippen LogP contribution in [0.1, 0.15) is 11.3 Å². The number of hydrogen-bond donors (Lipinski definition) is 0. The zero-order chi connectivity index (χ0) is 22.3. The molecule has 5 aromatic carbocycles. The molecule has 1 unspecified atom stereocenters. The van der Waals surface area contributed by atoms with Crippen LogP contribution in [0.15, 0.2) is 127 Å². The molecule has 0 N–H and O–H groups in total. The number of pyridine rings is 1. The fraction of sp³-hybridized carbons (Fsp3) is 0.0312. The van der Waals surface area contributed by atoms with Crippen LogP contribution in [0.4, 0.5) is 0 Å². The van der Waals surface area contributed by atoms with Gasteiger partial charge in [0, 0.05) is 6.07 Å². The molecule has 158 valence electrons. The van der Waals surface area contributed by atoms with E-state index in [-0.39, 0.29) is 5.78 Å². The van der Waals surface area contributed by atoms with Gasteiger partial charge >= 0.3 is 0 Å². The van der Waals surface area contributed by atoms with Crippen molar-refractivity contribution in [1.29, 1.82) is 0 Å². The van der Waals surface area contributed by atoms with Crippen LogP contribution < -0.4 is 20.5 Å². The van der Waals surface area contributed by atoms with Crippen molar-refractivity contribution >= 4 is 44.9 Å². The Kier molecular flexibility index (Phi) is 3.63. The van der Waals surface area contributed by atoms with E-state index in [4.69, 9.17) is 0 Å². The Hall–Kier alpha value is -3.80. The van der Waals surface area contributed by atoms with E-state index < -0.39 is 7.26 Å². The third-order valence-electron chi connectivity index (χ3n) is 7.79. The summed E-state index contributed by atoms with van der Waals surface area (Å²) < 4.78 is 2.69. The number of hydrogen-bond acceptors (Lipinski definition) is 0. The Morgan fingerprint density at radius 2 is 1.18 bits per heavy atom. The van der Waals surface area contributed by atoms with E-state index in [0.717, 1.165) is 0 Å². The molecule has 1 aromatic heterocycles. The van der Waals surface area contributed by atoms with E-state index in [9.17, 15) is 0 Å². The van der Waals surface area contributed by atoms with Gasteiger partial charge in [0.15, 0.2) is 12.6 Å². The summed E-state index contributed by atoms with van der Waals surface area (Å²) in [6.07, 6.45) is 0. The monoisotopic (exact) mass is 451 g/mol. The number of fused-ring (bicyclic) bond motifs is 5. The molecule has 0 amide bonds. The van der Waals surface area contributed by atoms with Gasteiger partial charge in [-0.15, -0.1) is 4.57 Å². The highest BCUT2D eigenvalue weighted by molar-refractivity contribution is 7.96. The number of aromatic nitrogens is 1. The molecule has 0 fully saturated rings. The van der Waals surface area contributed by atoms with Gasteiger partial charge in [-0.3, -0.25) is 0 Å². The van der Waals surface area contributed by atoms with Crippen molar-refractivity contribution in [1.82, 2.24) is 0 Å². The molecule has 2 aliphatic rings. The maximum absolute atomic E-state index is 2.69. The summed E-state index contributed by atoms with van der Waals surface area (Å²) >= 11 is 0. The van der Waals surface area contributed by atoms with Gasteiger partial charge in [-0.05, 0) is 59.3 Å². The van der Waals surface area contributed by atoms with E-state index in [2.05, 4.69) is 132 Å². The molecule has 0 saturated heterocycles. The van der Waals surface area contributed by atoms with Gasteiger partial charge in [-0.1, -0.05) is 72.8 Å². The van der Waals surface area contributed by atoms with Crippen molar-refractivity contribution in [2.75, 3.05) is 0 Å². The van der Waals surface area contributed by atoms with Gasteiger partial charge < -0.3 is 0 Å². The highest BCUT2D eigenvalue weighted by atomic mass is 31.2. The first-order chi connectivity index (χ1) is 16.9. The van der Waals surface area contributed by atoms with Crippen LogP contribution in [0.2, 0.25) is 0 Å². The highest BCUT2D eigenvalue weighted by Crippen LogP contribution is 2.71. The summed E-state index contributed by atoms with van der Waals surface area (Å²) in [5.41, 5.74) is 5.63. The molecule has 0 saturated carbocycles. The third kappa shape index (κ3) is 2.12. The van der Waals surface area contributed by atoms with E-state index in [1.807, 2.05) is 0 Å². The zero-order valence-corrected chi connectivity index (χ0v) is 19.5. The second-order valence-electron chi connectivity index (χ2n) is 9.32. The Bertz CT molecular complexity index is 1710. The summed E-state index contributed by atoms with van der Waals surface area (Å²) in [6.45, 7) is 0. The van der Waals surface area contributed by atoms with Crippen molar-refractivity contribution in [2.45, 2.75) is 5.78 Å². The van der Waals surface area contributed by atoms with Gasteiger partial charge in [0.05, 0.1) is 16.5 Å². The number of rotatable bonds is 2. The first kappa shape index (κ1) is 18.6. The van der Waals surface area contributed by atoms with E-state index in [1.165, 1.54) is 54.4 Å². The third-order valence-corrected chi connectivity index (χ3v) is 12.4. The van der Waals surface area contributed by atoms with Gasteiger partial charge in [0.1, 0.15) is 10.6 Å². The van der Waals surface area contributed by atoms with Gasteiger partial charge in [-0.2, -0.15) is 0 Å². The van der Waals surface area contributed by atoms with Crippen LogP contribution in [0.25, 0.3) is 32.9 Å². The predicted octanol–water partition coefficient (Wildman–Crippen LogP) is 6.12. The molecule has 0 spiro atoms. The van der Waals surface area contributed by atoms with Crippen LogP contribution in [0, 0.1) is 0 Å². The van der Waals surface area contributed by atoms with Crippen LogP contribution in [-0.2, 0) is 0 Å². The molecule has 0 aliphatic carbocycles. The van der Waals surface area contributed by atoms with Crippen LogP contribution in [0.3, 0.4) is 0 Å². The molecule has 1 nitrogen and oxygen atoms in total. The molecule has 6 aromatic rings. The van der Waals surface area contributed by atoms with E-state index in [0.29, 0.717) is 0 Å². The number of nitrogens with zero attached hydrogens (tertiary/aromatic N) is 1. The average molecular weight is 452 g/mol. The Morgan fingerprint density at radius 1 is 0.529 bits per heavy atom. The molecule has 0 bridgehead atoms. The second-order valence-corrected chi connectivity index (χ2v) is 12.8. The van der Waals surface area contributed by atoms with Gasteiger partial charge in [0.2, 0.25) is 5.69 Å². The first-order valence-corrected chi connectivity index (χ1v) is 13.7. The summed E-state index contributed by atoms with van der Waals surface area (Å²) in [5.74, 6) is 0.259. The first-order valence-electron chi connectivity index (χ1n) is 11.9. The Labute approximate surface area is 199 Å². The molecule has 8 rings (SSSR count). The minimum Gasteiger partial charge on any atom is -0.146 e. The normalized spacial score (nSPS) is 16.8. The molecule has 34 heavy (non-hydrogen) atoms. The Balaban J connectivity index is 1.64. The van der Waals surface area contributed by atoms with Crippen molar-refractivity contribution in [3.05, 3.63) is 133 Å². The van der Waals surface area contributed by atoms with Gasteiger partial charge in [0.25, 0.3) is 11.3 Å². The van der Waals surface area contributed by atoms with Crippen molar-refractivity contribution in [3.63, 3.8) is 0 Å². The lowest BCUT2D eigenvalue weighted by Gasteiger charge is -2.25. The molecule has 2 heteroatoms. The SMILES string of the molecule is c1ccc([P+]2(c3ccccc3)c3cccc4ccc5[n+](c34)C2c2c-5ccc3ccccc23)cc1. The molecule has 3 heterocycles. The smallest absolute Gasteiger partial charge is 0.146 e. The number of benzene rings is 5. The number of para-hydroxylation sites is 1. The predicted molar refractivity (Wildman–Crippen MR) is 144 cm³/mol. The Morgan fingerprint density at radius 3 is 1.94 bits per heavy atom. The average Bonchev–Trinajstić information content (AvgIpc) is 3.41. The van der Waals surface area contributed by atoms with Crippen LogP contribution in [0.5, 0.6) is 0 Å². The van der Waals surface area contributed by atoms with E-state index in [1.54, 1.807) is 0 Å². The minimum absolute atomic E-state index is 0.259. The summed E-state index contributed by atoms with van der Waals surface area (Å²) in [4.78, 5) is 0. The second kappa shape index (κ2) is 6.63. The topological polar surface area (TPSA) is 3.88 Å². The maximum Gasteiger partial charge on any atom is 0.298 e. The summed E-state index contributed by atoms with van der Waals surface area (Å²) in [6, 6.07) is 47.8. The highest BCUT2D eigenvalue weighted by Gasteiger charge is 2.69.